The van der Waals surface area contributed by atoms with Crippen LogP contribution in [0.2, 0.25) is 0 Å². The highest BCUT2D eigenvalue weighted by molar-refractivity contribution is 5.72. The first-order valence-electron chi connectivity index (χ1n) is 9.32. The maximum atomic E-state index is 5.72. The molecule has 0 unspecified atom stereocenters. The summed E-state index contributed by atoms with van der Waals surface area (Å²) < 4.78 is 5.72. The third kappa shape index (κ3) is 3.70. The van der Waals surface area contributed by atoms with E-state index in [-0.39, 0.29) is 6.10 Å². The molecule has 26 heavy (non-hydrogen) atoms. The number of hydrogen-bond acceptors (Lipinski definition) is 5. The highest BCUT2D eigenvalue weighted by atomic mass is 16.5. The molecule has 1 N–H and O–H groups in total. The third-order valence-corrected chi connectivity index (χ3v) is 4.91. The number of fused-ring (bicyclic) bond motifs is 1. The van der Waals surface area contributed by atoms with E-state index in [1.54, 1.807) is 12.4 Å². The van der Waals surface area contributed by atoms with Gasteiger partial charge in [-0.1, -0.05) is 12.1 Å². The molecule has 4 rings (SSSR count). The summed E-state index contributed by atoms with van der Waals surface area (Å²) in [4.78, 5) is 11.2. The summed E-state index contributed by atoms with van der Waals surface area (Å²) in [5, 5.41) is 7.45. The zero-order valence-corrected chi connectivity index (χ0v) is 15.4. The lowest BCUT2D eigenvalue weighted by atomic mass is 9.93. The number of hydrogen-bond donors (Lipinski definition) is 1. The first-order valence-corrected chi connectivity index (χ1v) is 9.32. The molecule has 1 aliphatic heterocycles. The van der Waals surface area contributed by atoms with Gasteiger partial charge in [0.15, 0.2) is 5.65 Å². The van der Waals surface area contributed by atoms with E-state index in [2.05, 4.69) is 49.3 Å². The molecule has 0 spiro atoms. The van der Waals surface area contributed by atoms with E-state index in [1.165, 1.54) is 5.56 Å². The van der Waals surface area contributed by atoms with Gasteiger partial charge < -0.3 is 4.74 Å². The lowest BCUT2D eigenvalue weighted by molar-refractivity contribution is 0.203. The maximum absolute atomic E-state index is 5.72. The van der Waals surface area contributed by atoms with Crippen LogP contribution >= 0.6 is 0 Å². The third-order valence-electron chi connectivity index (χ3n) is 4.91. The summed E-state index contributed by atoms with van der Waals surface area (Å²) in [7, 11) is 0. The van der Waals surface area contributed by atoms with Crippen LogP contribution in [0.15, 0.2) is 36.7 Å². The summed E-state index contributed by atoms with van der Waals surface area (Å²) >= 11 is 0. The van der Waals surface area contributed by atoms with Crippen LogP contribution in [0.4, 0.5) is 0 Å². The number of nitrogens with zero attached hydrogens (tertiary/aromatic N) is 4. The molecule has 0 atom stereocenters. The highest BCUT2D eigenvalue weighted by Crippen LogP contribution is 2.30. The van der Waals surface area contributed by atoms with Crippen LogP contribution in [-0.2, 0) is 6.54 Å². The van der Waals surface area contributed by atoms with Crippen LogP contribution < -0.4 is 4.74 Å². The van der Waals surface area contributed by atoms with Crippen molar-refractivity contribution in [3.63, 3.8) is 0 Å². The van der Waals surface area contributed by atoms with Crippen LogP contribution in [0.1, 0.15) is 43.9 Å². The summed E-state index contributed by atoms with van der Waals surface area (Å²) in [5.41, 5.74) is 4.11. The number of likely N-dealkylation sites (tertiary alicyclic amines) is 1. The molecule has 6 heteroatoms. The van der Waals surface area contributed by atoms with Gasteiger partial charge in [0.1, 0.15) is 11.3 Å². The summed E-state index contributed by atoms with van der Waals surface area (Å²) in [6.45, 7) is 7.24. The van der Waals surface area contributed by atoms with Crippen molar-refractivity contribution in [3.8, 4) is 5.75 Å². The monoisotopic (exact) mass is 351 g/mol. The van der Waals surface area contributed by atoms with Crippen LogP contribution in [-0.4, -0.2) is 44.3 Å². The van der Waals surface area contributed by atoms with Crippen molar-refractivity contribution in [1.82, 2.24) is 25.1 Å². The molecule has 136 valence electrons. The van der Waals surface area contributed by atoms with E-state index in [1.807, 2.05) is 13.8 Å². The minimum Gasteiger partial charge on any atom is -0.491 e. The van der Waals surface area contributed by atoms with Gasteiger partial charge in [-0.05, 0) is 57.5 Å². The number of rotatable bonds is 5. The Labute approximate surface area is 153 Å². The van der Waals surface area contributed by atoms with E-state index in [4.69, 9.17) is 4.74 Å². The second-order valence-corrected chi connectivity index (χ2v) is 7.23. The first kappa shape index (κ1) is 17.0. The molecule has 3 aromatic rings. The van der Waals surface area contributed by atoms with Gasteiger partial charge in [0.05, 0.1) is 11.8 Å². The number of ether oxygens (including phenoxy) is 1. The minimum absolute atomic E-state index is 0.211. The van der Waals surface area contributed by atoms with Crippen molar-refractivity contribution in [3.05, 3.63) is 47.9 Å². The van der Waals surface area contributed by atoms with Gasteiger partial charge in [-0.25, -0.2) is 9.97 Å². The Balaban J connectivity index is 1.35. The molecular weight excluding hydrogens is 326 g/mol. The Kier molecular flexibility index (Phi) is 4.84. The Morgan fingerprint density at radius 1 is 1.12 bits per heavy atom. The predicted molar refractivity (Wildman–Crippen MR) is 101 cm³/mol. The Morgan fingerprint density at radius 3 is 2.58 bits per heavy atom. The zero-order valence-electron chi connectivity index (χ0n) is 15.4. The van der Waals surface area contributed by atoms with E-state index in [0.29, 0.717) is 11.6 Å². The van der Waals surface area contributed by atoms with Crippen molar-refractivity contribution in [2.24, 2.45) is 0 Å². The molecule has 1 saturated heterocycles. The second-order valence-electron chi connectivity index (χ2n) is 7.23. The number of benzene rings is 1. The van der Waals surface area contributed by atoms with Crippen molar-refractivity contribution in [2.75, 3.05) is 13.1 Å². The maximum Gasteiger partial charge on any atom is 0.199 e. The molecule has 1 fully saturated rings. The average Bonchev–Trinajstić information content (AvgIpc) is 3.08. The van der Waals surface area contributed by atoms with E-state index >= 15 is 0 Å². The summed E-state index contributed by atoms with van der Waals surface area (Å²) in [6.07, 6.45) is 5.87. The van der Waals surface area contributed by atoms with Crippen LogP contribution in [0.3, 0.4) is 0 Å². The lowest BCUT2D eigenvalue weighted by Gasteiger charge is -2.31. The highest BCUT2D eigenvalue weighted by Gasteiger charge is 2.24. The Morgan fingerprint density at radius 2 is 1.85 bits per heavy atom. The normalized spacial score (nSPS) is 16.4. The van der Waals surface area contributed by atoms with Crippen molar-refractivity contribution < 1.29 is 4.74 Å². The van der Waals surface area contributed by atoms with Gasteiger partial charge in [0, 0.05) is 24.9 Å². The van der Waals surface area contributed by atoms with Gasteiger partial charge in [-0.3, -0.25) is 10.00 Å². The quantitative estimate of drug-likeness (QED) is 0.762. The van der Waals surface area contributed by atoms with Crippen molar-refractivity contribution >= 4 is 11.2 Å². The standard InChI is InChI=1S/C20H25N5O/c1-14(2)26-17-5-3-15(4-6-17)13-25-11-7-16(8-12-25)18-19-20(24-23-18)22-10-9-21-19/h3-6,9-10,14,16H,7-8,11-13H2,1-2H3,(H,22,23,24). The van der Waals surface area contributed by atoms with Gasteiger partial charge in [0.25, 0.3) is 0 Å². The topological polar surface area (TPSA) is 66.9 Å². The largest absolute Gasteiger partial charge is 0.491 e. The lowest BCUT2D eigenvalue weighted by Crippen LogP contribution is -2.32. The van der Waals surface area contributed by atoms with Crippen LogP contribution in [0, 0.1) is 0 Å². The van der Waals surface area contributed by atoms with E-state index in [9.17, 15) is 0 Å². The SMILES string of the molecule is CC(C)Oc1ccc(CN2CCC(c3[nH]nc4nccnc34)CC2)cc1. The van der Waals surface area contributed by atoms with Gasteiger partial charge in [-0.2, -0.15) is 5.10 Å². The fraction of sp³-hybridized carbons (Fsp3) is 0.450. The second kappa shape index (κ2) is 7.41. The average molecular weight is 351 g/mol. The Hall–Kier alpha value is -2.47. The molecule has 0 radical (unpaired) electrons. The van der Waals surface area contributed by atoms with Crippen LogP contribution in [0.25, 0.3) is 11.2 Å². The van der Waals surface area contributed by atoms with Crippen LogP contribution in [0.5, 0.6) is 5.75 Å². The molecule has 2 aromatic heterocycles. The predicted octanol–water partition coefficient (Wildman–Crippen LogP) is 3.52. The molecule has 1 aromatic carbocycles. The van der Waals surface area contributed by atoms with Crippen molar-refractivity contribution in [1.29, 1.82) is 0 Å². The number of nitrogens with one attached hydrogen (secondary N) is 1. The number of piperidine rings is 1. The van der Waals surface area contributed by atoms with Crippen molar-refractivity contribution in [2.45, 2.75) is 45.3 Å². The molecule has 3 heterocycles. The van der Waals surface area contributed by atoms with Gasteiger partial charge in [0.2, 0.25) is 0 Å². The molecular formula is C20H25N5O. The number of H-pyrrole nitrogens is 1. The smallest absolute Gasteiger partial charge is 0.199 e. The van der Waals surface area contributed by atoms with Gasteiger partial charge in [-0.15, -0.1) is 0 Å². The first-order chi connectivity index (χ1) is 12.7. The molecule has 0 aliphatic carbocycles. The number of aromatic amines is 1. The number of aromatic nitrogens is 4. The van der Waals surface area contributed by atoms with Gasteiger partial charge >= 0.3 is 0 Å². The summed E-state index contributed by atoms with van der Waals surface area (Å²) in [6, 6.07) is 8.47. The van der Waals surface area contributed by atoms with E-state index < -0.39 is 0 Å². The fourth-order valence-corrected chi connectivity index (χ4v) is 3.64. The zero-order chi connectivity index (χ0) is 17.9. The molecule has 0 amide bonds. The van der Waals surface area contributed by atoms with E-state index in [0.717, 1.165) is 49.4 Å². The fourth-order valence-electron chi connectivity index (χ4n) is 3.64. The Bertz CT molecular complexity index is 850. The molecule has 1 aliphatic rings. The summed E-state index contributed by atoms with van der Waals surface area (Å²) in [5.74, 6) is 1.42. The molecule has 0 bridgehead atoms. The molecule has 6 nitrogen and oxygen atoms in total. The minimum atomic E-state index is 0.211. The molecule has 0 saturated carbocycles.